The Bertz CT molecular complexity index is 574. The van der Waals surface area contributed by atoms with Crippen LogP contribution in [0.25, 0.3) is 0 Å². The minimum atomic E-state index is -0.0467. The third-order valence-electron chi connectivity index (χ3n) is 4.74. The van der Waals surface area contributed by atoms with Crippen molar-refractivity contribution >= 4 is 17.5 Å². The number of hydrogen-bond acceptors (Lipinski definition) is 4. The van der Waals surface area contributed by atoms with E-state index in [4.69, 9.17) is 4.74 Å². The predicted molar refractivity (Wildman–Crippen MR) is 96.7 cm³/mol. The van der Waals surface area contributed by atoms with E-state index in [0.29, 0.717) is 30.9 Å². The van der Waals surface area contributed by atoms with Crippen molar-refractivity contribution in [2.45, 2.75) is 38.1 Å². The molecule has 0 aromatic heterocycles. The number of nitrogens with zero attached hydrogens (tertiary/aromatic N) is 1. The second-order valence-electron chi connectivity index (χ2n) is 6.76. The van der Waals surface area contributed by atoms with Crippen molar-refractivity contribution < 1.29 is 14.3 Å². The number of amides is 2. The Hall–Kier alpha value is -1.92. The molecule has 0 bridgehead atoms. The van der Waals surface area contributed by atoms with Crippen molar-refractivity contribution in [3.05, 3.63) is 29.8 Å². The summed E-state index contributed by atoms with van der Waals surface area (Å²) in [6.45, 7) is 3.73. The minimum absolute atomic E-state index is 0.0467. The fraction of sp³-hybridized carbons (Fsp3) is 0.579. The van der Waals surface area contributed by atoms with Crippen LogP contribution in [0.5, 0.6) is 0 Å². The number of carbonyl (C=O) groups is 2. The van der Waals surface area contributed by atoms with E-state index in [2.05, 4.69) is 10.6 Å². The second kappa shape index (κ2) is 8.97. The van der Waals surface area contributed by atoms with Crippen LogP contribution in [0.4, 0.5) is 5.69 Å². The van der Waals surface area contributed by atoms with Crippen molar-refractivity contribution in [1.29, 1.82) is 0 Å². The van der Waals surface area contributed by atoms with Crippen LogP contribution in [0.1, 0.15) is 42.5 Å². The first-order valence-electron chi connectivity index (χ1n) is 9.23. The lowest BCUT2D eigenvalue weighted by molar-refractivity contribution is -0.117. The maximum Gasteiger partial charge on any atom is 0.253 e. The van der Waals surface area contributed by atoms with Crippen LogP contribution in [-0.4, -0.2) is 55.6 Å². The zero-order valence-electron chi connectivity index (χ0n) is 14.6. The quantitative estimate of drug-likeness (QED) is 0.876. The molecule has 2 saturated heterocycles. The first-order valence-corrected chi connectivity index (χ1v) is 9.23. The minimum Gasteiger partial charge on any atom is -0.378 e. The van der Waals surface area contributed by atoms with Gasteiger partial charge in [0.2, 0.25) is 5.91 Å². The van der Waals surface area contributed by atoms with Crippen LogP contribution >= 0.6 is 0 Å². The Morgan fingerprint density at radius 2 is 1.84 bits per heavy atom. The fourth-order valence-electron chi connectivity index (χ4n) is 3.34. The lowest BCUT2D eigenvalue weighted by Crippen LogP contribution is -2.43. The number of hydrogen-bond donors (Lipinski definition) is 2. The molecule has 1 aromatic rings. The van der Waals surface area contributed by atoms with Crippen LogP contribution in [0.15, 0.2) is 24.3 Å². The van der Waals surface area contributed by atoms with Crippen LogP contribution in [0.3, 0.4) is 0 Å². The number of ether oxygens (including phenoxy) is 1. The summed E-state index contributed by atoms with van der Waals surface area (Å²) in [6, 6.07) is 7.26. The van der Waals surface area contributed by atoms with E-state index >= 15 is 0 Å². The fourth-order valence-corrected chi connectivity index (χ4v) is 3.34. The lowest BCUT2D eigenvalue weighted by atomic mass is 10.1. The summed E-state index contributed by atoms with van der Waals surface area (Å²) in [5.41, 5.74) is 1.40. The van der Waals surface area contributed by atoms with E-state index < -0.39 is 0 Å². The van der Waals surface area contributed by atoms with Gasteiger partial charge in [-0.15, -0.1) is 0 Å². The van der Waals surface area contributed by atoms with Crippen molar-refractivity contribution in [3.63, 3.8) is 0 Å². The van der Waals surface area contributed by atoms with Gasteiger partial charge in [-0.05, 0) is 37.1 Å². The number of benzene rings is 1. The molecule has 2 heterocycles. The standard InChI is InChI=1S/C19H27N3O3/c23-18(13-17-14-25-12-9-20-17)21-16-7-5-15(6-8-16)19(24)22-10-3-1-2-4-11-22/h5-8,17,20H,1-4,9-14H2,(H,21,23). The molecule has 1 atom stereocenters. The molecule has 1 aromatic carbocycles. The number of anilines is 1. The summed E-state index contributed by atoms with van der Waals surface area (Å²) in [7, 11) is 0. The molecule has 0 aliphatic carbocycles. The smallest absolute Gasteiger partial charge is 0.253 e. The lowest BCUT2D eigenvalue weighted by Gasteiger charge is -2.23. The van der Waals surface area contributed by atoms with Crippen molar-refractivity contribution in [1.82, 2.24) is 10.2 Å². The molecule has 3 rings (SSSR count). The monoisotopic (exact) mass is 345 g/mol. The predicted octanol–water partition coefficient (Wildman–Crippen LogP) is 2.02. The zero-order valence-corrected chi connectivity index (χ0v) is 14.6. The summed E-state index contributed by atoms with van der Waals surface area (Å²) >= 11 is 0. The molecule has 1 unspecified atom stereocenters. The van der Waals surface area contributed by atoms with E-state index in [-0.39, 0.29) is 17.9 Å². The molecule has 0 saturated carbocycles. The molecule has 25 heavy (non-hydrogen) atoms. The van der Waals surface area contributed by atoms with Crippen LogP contribution < -0.4 is 10.6 Å². The highest BCUT2D eigenvalue weighted by molar-refractivity contribution is 5.96. The van der Waals surface area contributed by atoms with E-state index in [1.807, 2.05) is 4.90 Å². The van der Waals surface area contributed by atoms with Gasteiger partial charge in [0.25, 0.3) is 5.91 Å². The average Bonchev–Trinajstić information content (AvgIpc) is 2.92. The first kappa shape index (κ1) is 17.9. The Morgan fingerprint density at radius 3 is 2.48 bits per heavy atom. The molecular formula is C19H27N3O3. The van der Waals surface area contributed by atoms with E-state index in [1.54, 1.807) is 24.3 Å². The van der Waals surface area contributed by atoms with Gasteiger partial charge in [-0.1, -0.05) is 12.8 Å². The van der Waals surface area contributed by atoms with Gasteiger partial charge in [0.05, 0.1) is 13.2 Å². The Morgan fingerprint density at radius 1 is 1.12 bits per heavy atom. The number of carbonyl (C=O) groups excluding carboxylic acids is 2. The van der Waals surface area contributed by atoms with Gasteiger partial charge in [0, 0.05) is 43.3 Å². The topological polar surface area (TPSA) is 70.7 Å². The van der Waals surface area contributed by atoms with Crippen LogP contribution in [-0.2, 0) is 9.53 Å². The number of rotatable bonds is 4. The number of nitrogens with one attached hydrogen (secondary N) is 2. The van der Waals surface area contributed by atoms with E-state index in [1.165, 1.54) is 12.8 Å². The largest absolute Gasteiger partial charge is 0.378 e. The van der Waals surface area contributed by atoms with Gasteiger partial charge in [0.15, 0.2) is 0 Å². The van der Waals surface area contributed by atoms with Crippen LogP contribution in [0.2, 0.25) is 0 Å². The third kappa shape index (κ3) is 5.28. The normalized spacial score (nSPS) is 21.4. The summed E-state index contributed by atoms with van der Waals surface area (Å²) in [4.78, 5) is 26.6. The molecule has 2 N–H and O–H groups in total. The van der Waals surface area contributed by atoms with Crippen LogP contribution in [0, 0.1) is 0 Å². The maximum atomic E-state index is 12.6. The zero-order chi connectivity index (χ0) is 17.5. The Kier molecular flexibility index (Phi) is 6.42. The maximum absolute atomic E-state index is 12.6. The summed E-state index contributed by atoms with van der Waals surface area (Å²) in [6.07, 6.45) is 4.96. The molecule has 2 fully saturated rings. The van der Waals surface area contributed by atoms with Gasteiger partial charge in [0.1, 0.15) is 0 Å². The molecule has 6 heteroatoms. The molecule has 0 spiro atoms. The highest BCUT2D eigenvalue weighted by Crippen LogP contribution is 2.16. The van der Waals surface area contributed by atoms with Crippen molar-refractivity contribution in [2.24, 2.45) is 0 Å². The molecule has 2 aliphatic rings. The highest BCUT2D eigenvalue weighted by atomic mass is 16.5. The van der Waals surface area contributed by atoms with Crippen molar-refractivity contribution in [3.8, 4) is 0 Å². The second-order valence-corrected chi connectivity index (χ2v) is 6.76. The highest BCUT2D eigenvalue weighted by Gasteiger charge is 2.18. The van der Waals surface area contributed by atoms with Gasteiger partial charge >= 0.3 is 0 Å². The summed E-state index contributed by atoms with van der Waals surface area (Å²) < 4.78 is 5.36. The van der Waals surface area contributed by atoms with Gasteiger partial charge < -0.3 is 20.3 Å². The molecular weight excluding hydrogens is 318 g/mol. The molecule has 0 radical (unpaired) electrons. The van der Waals surface area contributed by atoms with Gasteiger partial charge in [-0.2, -0.15) is 0 Å². The number of likely N-dealkylation sites (tertiary alicyclic amines) is 1. The number of morpholine rings is 1. The molecule has 6 nitrogen and oxygen atoms in total. The van der Waals surface area contributed by atoms with E-state index in [0.717, 1.165) is 32.5 Å². The molecule has 2 aliphatic heterocycles. The molecule has 2 amide bonds. The van der Waals surface area contributed by atoms with Gasteiger partial charge in [-0.3, -0.25) is 9.59 Å². The van der Waals surface area contributed by atoms with Crippen molar-refractivity contribution in [2.75, 3.05) is 38.2 Å². The SMILES string of the molecule is O=C(CC1COCCN1)Nc1ccc(C(=O)N2CCCCCC2)cc1. The first-order chi connectivity index (χ1) is 12.2. The Balaban J connectivity index is 1.52. The summed E-state index contributed by atoms with van der Waals surface area (Å²) in [5.74, 6) is 0.0397. The summed E-state index contributed by atoms with van der Waals surface area (Å²) in [5, 5.41) is 6.15. The average molecular weight is 345 g/mol. The van der Waals surface area contributed by atoms with Gasteiger partial charge in [-0.25, -0.2) is 0 Å². The Labute approximate surface area is 148 Å². The molecule has 136 valence electrons. The third-order valence-corrected chi connectivity index (χ3v) is 4.74. The van der Waals surface area contributed by atoms with E-state index in [9.17, 15) is 9.59 Å².